The van der Waals surface area contributed by atoms with Gasteiger partial charge in [-0.05, 0) is 30.6 Å². The van der Waals surface area contributed by atoms with E-state index < -0.39 is 0 Å². The lowest BCUT2D eigenvalue weighted by Crippen LogP contribution is -2.53. The Morgan fingerprint density at radius 2 is 2.14 bits per heavy atom. The predicted molar refractivity (Wildman–Crippen MR) is 87.1 cm³/mol. The smallest absolute Gasteiger partial charge is 0.239 e. The largest absolute Gasteiger partial charge is 0.339 e. The molecule has 1 unspecified atom stereocenters. The van der Waals surface area contributed by atoms with E-state index in [1.54, 1.807) is 11.8 Å². The van der Waals surface area contributed by atoms with Gasteiger partial charge in [-0.1, -0.05) is 6.07 Å². The highest BCUT2D eigenvalue weighted by atomic mass is 32.2. The third-order valence-electron chi connectivity index (χ3n) is 3.75. The zero-order chi connectivity index (χ0) is 15.1. The number of aromatic nitrogens is 1. The Hall–Kier alpha value is -1.11. The molecule has 21 heavy (non-hydrogen) atoms. The summed E-state index contributed by atoms with van der Waals surface area (Å²) in [6.07, 6.45) is 4.61. The minimum atomic E-state index is -0.347. The molecule has 1 aliphatic heterocycles. The van der Waals surface area contributed by atoms with Gasteiger partial charge in [-0.3, -0.25) is 14.7 Å². The van der Waals surface area contributed by atoms with Gasteiger partial charge in [0.25, 0.3) is 0 Å². The van der Waals surface area contributed by atoms with Crippen molar-refractivity contribution >= 4 is 17.7 Å². The number of hydrogen-bond donors (Lipinski definition) is 1. The summed E-state index contributed by atoms with van der Waals surface area (Å²) in [4.78, 5) is 20.8. The van der Waals surface area contributed by atoms with Crippen molar-refractivity contribution in [1.82, 2.24) is 14.8 Å². The van der Waals surface area contributed by atoms with E-state index in [4.69, 9.17) is 5.73 Å². The fourth-order valence-electron chi connectivity index (χ4n) is 2.45. The number of amides is 1. The maximum atomic E-state index is 12.2. The van der Waals surface area contributed by atoms with Crippen molar-refractivity contribution in [2.24, 2.45) is 5.73 Å². The first-order valence-electron chi connectivity index (χ1n) is 7.36. The molecular formula is C15H24N4OS. The van der Waals surface area contributed by atoms with Gasteiger partial charge in [-0.15, -0.1) is 0 Å². The number of pyridine rings is 1. The normalized spacial score (nSPS) is 17.7. The molecule has 116 valence electrons. The highest BCUT2D eigenvalue weighted by molar-refractivity contribution is 7.98. The molecular weight excluding hydrogens is 284 g/mol. The Morgan fingerprint density at radius 1 is 1.38 bits per heavy atom. The zero-order valence-electron chi connectivity index (χ0n) is 12.6. The van der Waals surface area contributed by atoms with Crippen LogP contribution in [-0.4, -0.2) is 64.9 Å². The lowest BCUT2D eigenvalue weighted by atomic mass is 10.2. The molecule has 0 aliphatic carbocycles. The molecule has 1 atom stereocenters. The predicted octanol–water partition coefficient (Wildman–Crippen LogP) is 0.806. The van der Waals surface area contributed by atoms with Crippen LogP contribution in [-0.2, 0) is 11.3 Å². The summed E-state index contributed by atoms with van der Waals surface area (Å²) in [7, 11) is 0. The number of carbonyl (C=O) groups is 1. The third kappa shape index (κ3) is 4.98. The summed E-state index contributed by atoms with van der Waals surface area (Å²) >= 11 is 1.73. The van der Waals surface area contributed by atoms with E-state index in [1.807, 2.05) is 35.6 Å². The Morgan fingerprint density at radius 3 is 2.76 bits per heavy atom. The molecule has 1 saturated heterocycles. The molecule has 1 aliphatic rings. The van der Waals surface area contributed by atoms with Gasteiger partial charge >= 0.3 is 0 Å². The summed E-state index contributed by atoms with van der Waals surface area (Å²) in [5.41, 5.74) is 7.04. The Kier molecular flexibility index (Phi) is 6.48. The molecule has 0 spiro atoms. The van der Waals surface area contributed by atoms with E-state index in [-0.39, 0.29) is 11.9 Å². The summed E-state index contributed by atoms with van der Waals surface area (Å²) in [6, 6.07) is 5.62. The zero-order valence-corrected chi connectivity index (χ0v) is 13.4. The van der Waals surface area contributed by atoms with Gasteiger partial charge in [0.2, 0.25) is 5.91 Å². The van der Waals surface area contributed by atoms with E-state index in [0.29, 0.717) is 0 Å². The molecule has 2 N–H and O–H groups in total. The molecule has 2 heterocycles. The number of thioether (sulfide) groups is 1. The molecule has 0 saturated carbocycles. The molecule has 1 fully saturated rings. The molecule has 2 rings (SSSR count). The van der Waals surface area contributed by atoms with E-state index in [2.05, 4.69) is 9.88 Å². The molecule has 1 aromatic rings. The maximum Gasteiger partial charge on any atom is 0.239 e. The molecule has 0 radical (unpaired) electrons. The average Bonchev–Trinajstić information content (AvgIpc) is 2.53. The first-order chi connectivity index (χ1) is 10.2. The van der Waals surface area contributed by atoms with Crippen LogP contribution in [0.25, 0.3) is 0 Å². The Labute approximate surface area is 130 Å². The number of nitrogens with zero attached hydrogens (tertiary/aromatic N) is 3. The van der Waals surface area contributed by atoms with Crippen molar-refractivity contribution < 1.29 is 4.79 Å². The van der Waals surface area contributed by atoms with Crippen LogP contribution in [0, 0.1) is 0 Å². The molecule has 5 nitrogen and oxygen atoms in total. The summed E-state index contributed by atoms with van der Waals surface area (Å²) in [6.45, 7) is 4.15. The Balaban J connectivity index is 1.76. The molecule has 1 amide bonds. The van der Waals surface area contributed by atoms with E-state index >= 15 is 0 Å². The van der Waals surface area contributed by atoms with Crippen LogP contribution in [0.4, 0.5) is 0 Å². The van der Waals surface area contributed by atoms with Gasteiger partial charge in [-0.25, -0.2) is 0 Å². The van der Waals surface area contributed by atoms with Gasteiger partial charge in [-0.2, -0.15) is 11.8 Å². The highest BCUT2D eigenvalue weighted by Gasteiger charge is 2.24. The van der Waals surface area contributed by atoms with Gasteiger partial charge in [0.15, 0.2) is 0 Å². The van der Waals surface area contributed by atoms with Crippen molar-refractivity contribution in [1.29, 1.82) is 0 Å². The van der Waals surface area contributed by atoms with Crippen LogP contribution in [0.2, 0.25) is 0 Å². The minimum Gasteiger partial charge on any atom is -0.339 e. The Bertz CT molecular complexity index is 435. The van der Waals surface area contributed by atoms with Crippen molar-refractivity contribution in [2.45, 2.75) is 19.0 Å². The average molecular weight is 308 g/mol. The lowest BCUT2D eigenvalue weighted by molar-refractivity contribution is -0.134. The maximum absolute atomic E-state index is 12.2. The third-order valence-corrected chi connectivity index (χ3v) is 4.39. The van der Waals surface area contributed by atoms with Crippen molar-refractivity contribution in [3.63, 3.8) is 0 Å². The van der Waals surface area contributed by atoms with Crippen LogP contribution in [0.15, 0.2) is 24.4 Å². The van der Waals surface area contributed by atoms with Gasteiger partial charge in [0.1, 0.15) is 0 Å². The number of hydrogen-bond acceptors (Lipinski definition) is 5. The van der Waals surface area contributed by atoms with Gasteiger partial charge in [0.05, 0.1) is 11.7 Å². The van der Waals surface area contributed by atoms with Crippen molar-refractivity contribution in [3.8, 4) is 0 Å². The SMILES string of the molecule is CSCCC(N)C(=O)N1CCN(Cc2ccccn2)CC1. The molecule has 0 bridgehead atoms. The molecule has 6 heteroatoms. The number of piperazine rings is 1. The second-order valence-electron chi connectivity index (χ2n) is 5.31. The second kappa shape index (κ2) is 8.36. The fourth-order valence-corrected chi connectivity index (χ4v) is 2.94. The minimum absolute atomic E-state index is 0.0986. The topological polar surface area (TPSA) is 62.5 Å². The molecule has 1 aromatic heterocycles. The van der Waals surface area contributed by atoms with Crippen LogP contribution in [0.1, 0.15) is 12.1 Å². The highest BCUT2D eigenvalue weighted by Crippen LogP contribution is 2.09. The first kappa shape index (κ1) is 16.3. The van der Waals surface area contributed by atoms with Crippen LogP contribution in [0.5, 0.6) is 0 Å². The summed E-state index contributed by atoms with van der Waals surface area (Å²) in [5.74, 6) is 1.04. The van der Waals surface area contributed by atoms with Gasteiger partial charge < -0.3 is 10.6 Å². The van der Waals surface area contributed by atoms with E-state index in [1.165, 1.54) is 0 Å². The number of carbonyl (C=O) groups excluding carboxylic acids is 1. The monoisotopic (exact) mass is 308 g/mol. The van der Waals surface area contributed by atoms with Crippen LogP contribution >= 0.6 is 11.8 Å². The first-order valence-corrected chi connectivity index (χ1v) is 8.75. The summed E-state index contributed by atoms with van der Waals surface area (Å²) in [5, 5.41) is 0. The fraction of sp³-hybridized carbons (Fsp3) is 0.600. The lowest BCUT2D eigenvalue weighted by Gasteiger charge is -2.35. The second-order valence-corrected chi connectivity index (χ2v) is 6.30. The van der Waals surface area contributed by atoms with E-state index in [9.17, 15) is 4.79 Å². The standard InChI is InChI=1S/C15H24N4OS/c1-21-11-5-14(16)15(20)19-9-7-18(8-10-19)12-13-4-2-3-6-17-13/h2-4,6,14H,5,7-12,16H2,1H3. The van der Waals surface area contributed by atoms with Crippen molar-refractivity contribution in [2.75, 3.05) is 38.2 Å². The van der Waals surface area contributed by atoms with Crippen LogP contribution in [0.3, 0.4) is 0 Å². The summed E-state index contributed by atoms with van der Waals surface area (Å²) < 4.78 is 0. The van der Waals surface area contributed by atoms with Crippen molar-refractivity contribution in [3.05, 3.63) is 30.1 Å². The number of rotatable bonds is 6. The number of nitrogens with two attached hydrogens (primary N) is 1. The quantitative estimate of drug-likeness (QED) is 0.842. The van der Waals surface area contributed by atoms with E-state index in [0.717, 1.165) is 50.6 Å². The van der Waals surface area contributed by atoms with Gasteiger partial charge in [0, 0.05) is 38.9 Å². The van der Waals surface area contributed by atoms with Crippen LogP contribution < -0.4 is 5.73 Å². The molecule has 0 aromatic carbocycles.